The zero-order chi connectivity index (χ0) is 22.4. The largest absolute Gasteiger partial charge is 0.352 e. The standard InChI is InChI=1S/C24H30Cl2N2O2/c1-6-17(4)27-24(30)18(5)28(14-20-9-10-21(25)22(26)12-20)23(29)13-19-8-7-15(2)16(3)11-19/h7-12,17-18H,6,13-14H2,1-5H3,(H,27,30)/t17-,18-/m1/s1. The number of carbonyl (C=O) groups excluding carboxylic acids is 2. The molecule has 0 aliphatic heterocycles. The third kappa shape index (κ3) is 6.48. The Bertz CT molecular complexity index is 914. The van der Waals surface area contributed by atoms with E-state index < -0.39 is 6.04 Å². The Balaban J connectivity index is 2.28. The van der Waals surface area contributed by atoms with E-state index in [1.807, 2.05) is 52.0 Å². The Morgan fingerprint density at radius 2 is 1.63 bits per heavy atom. The van der Waals surface area contributed by atoms with Crippen molar-refractivity contribution >= 4 is 35.0 Å². The fourth-order valence-electron chi connectivity index (χ4n) is 3.07. The molecular formula is C24H30Cl2N2O2. The van der Waals surface area contributed by atoms with Gasteiger partial charge in [0.1, 0.15) is 6.04 Å². The number of rotatable bonds is 8. The van der Waals surface area contributed by atoms with Gasteiger partial charge in [0, 0.05) is 12.6 Å². The number of aryl methyl sites for hydroxylation is 2. The molecule has 0 fully saturated rings. The minimum absolute atomic E-state index is 0.0432. The molecule has 0 heterocycles. The average molecular weight is 449 g/mol. The zero-order valence-electron chi connectivity index (χ0n) is 18.3. The fraction of sp³-hybridized carbons (Fsp3) is 0.417. The minimum atomic E-state index is -0.618. The van der Waals surface area contributed by atoms with Crippen molar-refractivity contribution in [2.45, 2.75) is 66.1 Å². The van der Waals surface area contributed by atoms with Crippen molar-refractivity contribution < 1.29 is 9.59 Å². The lowest BCUT2D eigenvalue weighted by Crippen LogP contribution is -2.49. The molecule has 2 rings (SSSR count). The van der Waals surface area contributed by atoms with Crippen molar-refractivity contribution in [3.05, 3.63) is 68.7 Å². The monoisotopic (exact) mass is 448 g/mol. The van der Waals surface area contributed by atoms with E-state index in [-0.39, 0.29) is 30.8 Å². The van der Waals surface area contributed by atoms with Crippen LogP contribution in [0.1, 0.15) is 49.4 Å². The van der Waals surface area contributed by atoms with Gasteiger partial charge in [-0.2, -0.15) is 0 Å². The molecule has 2 aromatic carbocycles. The molecular weight excluding hydrogens is 419 g/mol. The van der Waals surface area contributed by atoms with Crippen LogP contribution >= 0.6 is 23.2 Å². The summed E-state index contributed by atoms with van der Waals surface area (Å²) in [4.78, 5) is 27.6. The highest BCUT2D eigenvalue weighted by atomic mass is 35.5. The summed E-state index contributed by atoms with van der Waals surface area (Å²) in [6.07, 6.45) is 1.05. The third-order valence-electron chi connectivity index (χ3n) is 5.43. The lowest BCUT2D eigenvalue weighted by atomic mass is 10.0. The lowest BCUT2D eigenvalue weighted by molar-refractivity contribution is -0.140. The number of nitrogens with zero attached hydrogens (tertiary/aromatic N) is 1. The van der Waals surface area contributed by atoms with E-state index in [2.05, 4.69) is 5.32 Å². The van der Waals surface area contributed by atoms with Gasteiger partial charge in [-0.3, -0.25) is 9.59 Å². The van der Waals surface area contributed by atoms with Crippen molar-refractivity contribution in [1.82, 2.24) is 10.2 Å². The van der Waals surface area contributed by atoms with E-state index in [1.165, 1.54) is 5.56 Å². The number of hydrogen-bond donors (Lipinski definition) is 1. The fourth-order valence-corrected chi connectivity index (χ4v) is 3.39. The van der Waals surface area contributed by atoms with Crippen LogP contribution in [0.4, 0.5) is 0 Å². The second kappa shape index (κ2) is 10.8. The molecule has 0 unspecified atom stereocenters. The Labute approximate surface area is 189 Å². The highest BCUT2D eigenvalue weighted by Crippen LogP contribution is 2.24. The summed E-state index contributed by atoms with van der Waals surface area (Å²) >= 11 is 12.2. The quantitative estimate of drug-likeness (QED) is 0.580. The number of nitrogens with one attached hydrogen (secondary N) is 1. The summed E-state index contributed by atoms with van der Waals surface area (Å²) in [6, 6.07) is 10.7. The molecule has 0 aromatic heterocycles. The first-order chi connectivity index (χ1) is 14.1. The van der Waals surface area contributed by atoms with E-state index in [0.29, 0.717) is 10.0 Å². The van der Waals surface area contributed by atoms with E-state index in [9.17, 15) is 9.59 Å². The van der Waals surface area contributed by atoms with E-state index in [4.69, 9.17) is 23.2 Å². The SMILES string of the molecule is CC[C@@H](C)NC(=O)[C@@H](C)N(Cc1ccc(Cl)c(Cl)c1)C(=O)Cc1ccc(C)c(C)c1. The van der Waals surface area contributed by atoms with E-state index in [1.54, 1.807) is 24.0 Å². The molecule has 6 heteroatoms. The average Bonchev–Trinajstić information content (AvgIpc) is 2.70. The topological polar surface area (TPSA) is 49.4 Å². The van der Waals surface area contributed by atoms with Crippen LogP contribution in [0.15, 0.2) is 36.4 Å². The molecule has 0 spiro atoms. The zero-order valence-corrected chi connectivity index (χ0v) is 19.8. The van der Waals surface area contributed by atoms with Gasteiger partial charge in [-0.15, -0.1) is 0 Å². The molecule has 2 amide bonds. The highest BCUT2D eigenvalue weighted by molar-refractivity contribution is 6.42. The summed E-state index contributed by atoms with van der Waals surface area (Å²) in [6.45, 7) is 10.1. The Morgan fingerprint density at radius 3 is 2.23 bits per heavy atom. The second-order valence-corrected chi connectivity index (χ2v) is 8.67. The molecule has 30 heavy (non-hydrogen) atoms. The first-order valence-corrected chi connectivity index (χ1v) is 11.0. The molecule has 0 aliphatic carbocycles. The highest BCUT2D eigenvalue weighted by Gasteiger charge is 2.27. The van der Waals surface area contributed by atoms with Crippen molar-refractivity contribution in [2.75, 3.05) is 0 Å². The molecule has 2 atom stereocenters. The first-order valence-electron chi connectivity index (χ1n) is 10.2. The maximum atomic E-state index is 13.3. The van der Waals surface area contributed by atoms with Crippen LogP contribution in [0, 0.1) is 13.8 Å². The summed E-state index contributed by atoms with van der Waals surface area (Å²) in [5, 5.41) is 3.85. The van der Waals surface area contributed by atoms with Crippen LogP contribution < -0.4 is 5.32 Å². The molecule has 0 saturated carbocycles. The summed E-state index contributed by atoms with van der Waals surface area (Å²) in [5.41, 5.74) is 4.07. The number of benzene rings is 2. The predicted molar refractivity (Wildman–Crippen MR) is 124 cm³/mol. The maximum absolute atomic E-state index is 13.3. The van der Waals surface area contributed by atoms with Crippen LogP contribution in [-0.2, 0) is 22.6 Å². The van der Waals surface area contributed by atoms with Gasteiger partial charge in [0.15, 0.2) is 0 Å². The van der Waals surface area contributed by atoms with Crippen molar-refractivity contribution in [2.24, 2.45) is 0 Å². The smallest absolute Gasteiger partial charge is 0.242 e. The minimum Gasteiger partial charge on any atom is -0.352 e. The lowest BCUT2D eigenvalue weighted by Gasteiger charge is -2.30. The van der Waals surface area contributed by atoms with Gasteiger partial charge in [-0.05, 0) is 68.5 Å². The van der Waals surface area contributed by atoms with Crippen molar-refractivity contribution in [1.29, 1.82) is 0 Å². The molecule has 4 nitrogen and oxygen atoms in total. The van der Waals surface area contributed by atoms with E-state index >= 15 is 0 Å². The van der Waals surface area contributed by atoms with Crippen LogP contribution in [0.2, 0.25) is 10.0 Å². The number of carbonyl (C=O) groups is 2. The summed E-state index contributed by atoms with van der Waals surface area (Å²) in [7, 11) is 0. The van der Waals surface area contributed by atoms with Gasteiger partial charge < -0.3 is 10.2 Å². The molecule has 2 aromatic rings. The predicted octanol–water partition coefficient (Wildman–Crippen LogP) is 5.48. The van der Waals surface area contributed by atoms with Gasteiger partial charge in [-0.25, -0.2) is 0 Å². The maximum Gasteiger partial charge on any atom is 0.242 e. The summed E-state index contributed by atoms with van der Waals surface area (Å²) < 4.78 is 0. The number of halogens is 2. The molecule has 162 valence electrons. The van der Waals surface area contributed by atoms with E-state index in [0.717, 1.165) is 23.1 Å². The van der Waals surface area contributed by atoms with Crippen molar-refractivity contribution in [3.8, 4) is 0 Å². The molecule has 0 radical (unpaired) electrons. The number of hydrogen-bond acceptors (Lipinski definition) is 2. The first kappa shape index (κ1) is 24.2. The molecule has 0 saturated heterocycles. The van der Waals surface area contributed by atoms with Crippen LogP contribution in [0.25, 0.3) is 0 Å². The Morgan fingerprint density at radius 1 is 0.967 bits per heavy atom. The normalized spacial score (nSPS) is 12.9. The second-order valence-electron chi connectivity index (χ2n) is 7.86. The van der Waals surface area contributed by atoms with Gasteiger partial charge in [0.2, 0.25) is 11.8 Å². The summed E-state index contributed by atoms with van der Waals surface area (Å²) in [5.74, 6) is -0.283. The molecule has 1 N–H and O–H groups in total. The van der Waals surface area contributed by atoms with Gasteiger partial charge in [0.25, 0.3) is 0 Å². The Hall–Kier alpha value is -2.04. The van der Waals surface area contributed by atoms with Crippen LogP contribution in [0.5, 0.6) is 0 Å². The van der Waals surface area contributed by atoms with Gasteiger partial charge >= 0.3 is 0 Å². The third-order valence-corrected chi connectivity index (χ3v) is 6.17. The van der Waals surface area contributed by atoms with Gasteiger partial charge in [-0.1, -0.05) is 54.4 Å². The Kier molecular flexibility index (Phi) is 8.75. The van der Waals surface area contributed by atoms with Crippen molar-refractivity contribution in [3.63, 3.8) is 0 Å². The van der Waals surface area contributed by atoms with Crippen LogP contribution in [0.3, 0.4) is 0 Å². The van der Waals surface area contributed by atoms with Gasteiger partial charge in [0.05, 0.1) is 16.5 Å². The van der Waals surface area contributed by atoms with Crippen LogP contribution in [-0.4, -0.2) is 28.8 Å². The number of amides is 2. The molecule has 0 aliphatic rings. The molecule has 0 bridgehead atoms.